The third kappa shape index (κ3) is 4.86. The Hall–Kier alpha value is -1.88. The van der Waals surface area contributed by atoms with E-state index in [2.05, 4.69) is 10.6 Å². The van der Waals surface area contributed by atoms with E-state index < -0.39 is 5.97 Å². The summed E-state index contributed by atoms with van der Waals surface area (Å²) in [6, 6.07) is 9.13. The highest BCUT2D eigenvalue weighted by Gasteiger charge is 2.23. The zero-order chi connectivity index (χ0) is 15.1. The van der Waals surface area contributed by atoms with Gasteiger partial charge in [0.1, 0.15) is 0 Å². The number of piperidine rings is 1. The number of carboxylic acids is 1. The van der Waals surface area contributed by atoms with Crippen LogP contribution in [-0.4, -0.2) is 29.6 Å². The van der Waals surface area contributed by atoms with Gasteiger partial charge in [0.25, 0.3) is 0 Å². The van der Waals surface area contributed by atoms with Crippen molar-refractivity contribution in [2.45, 2.75) is 44.2 Å². The summed E-state index contributed by atoms with van der Waals surface area (Å²) in [6.45, 7) is 0.864. The molecular weight excluding hydrogens is 268 g/mol. The van der Waals surface area contributed by atoms with Crippen molar-refractivity contribution in [1.82, 2.24) is 10.6 Å². The maximum absolute atomic E-state index is 12.3. The minimum Gasteiger partial charge on any atom is -0.481 e. The summed E-state index contributed by atoms with van der Waals surface area (Å²) in [7, 11) is 0. The van der Waals surface area contributed by atoms with Gasteiger partial charge >= 0.3 is 5.97 Å². The molecule has 1 heterocycles. The van der Waals surface area contributed by atoms with Crippen LogP contribution in [0, 0.1) is 0 Å². The Bertz CT molecular complexity index is 470. The Morgan fingerprint density at radius 2 is 2.05 bits per heavy atom. The second-order valence-corrected chi connectivity index (χ2v) is 5.41. The van der Waals surface area contributed by atoms with Crippen molar-refractivity contribution in [1.29, 1.82) is 0 Å². The van der Waals surface area contributed by atoms with Gasteiger partial charge in [0.05, 0.1) is 12.1 Å². The molecule has 5 heteroatoms. The van der Waals surface area contributed by atoms with Crippen LogP contribution in [0.4, 0.5) is 0 Å². The first-order chi connectivity index (χ1) is 10.2. The van der Waals surface area contributed by atoms with E-state index in [1.165, 1.54) is 0 Å². The summed E-state index contributed by atoms with van der Waals surface area (Å²) >= 11 is 0. The third-order valence-corrected chi connectivity index (χ3v) is 3.79. The number of rotatable bonds is 6. The molecule has 2 rings (SSSR count). The van der Waals surface area contributed by atoms with Gasteiger partial charge in [-0.2, -0.15) is 0 Å². The summed E-state index contributed by atoms with van der Waals surface area (Å²) in [4.78, 5) is 23.1. The van der Waals surface area contributed by atoms with Gasteiger partial charge in [-0.05, 0) is 31.4 Å². The monoisotopic (exact) mass is 290 g/mol. The molecule has 1 amide bonds. The molecule has 0 radical (unpaired) electrons. The second-order valence-electron chi connectivity index (χ2n) is 5.41. The van der Waals surface area contributed by atoms with Gasteiger partial charge in [-0.15, -0.1) is 0 Å². The first kappa shape index (κ1) is 15.5. The zero-order valence-corrected chi connectivity index (χ0v) is 12.0. The predicted molar refractivity (Wildman–Crippen MR) is 79.8 cm³/mol. The van der Waals surface area contributed by atoms with Crippen molar-refractivity contribution in [2.75, 3.05) is 6.54 Å². The molecule has 1 unspecified atom stereocenters. The van der Waals surface area contributed by atoms with Crippen LogP contribution < -0.4 is 10.6 Å². The number of nitrogens with one attached hydrogen (secondary N) is 2. The largest absolute Gasteiger partial charge is 0.481 e. The molecule has 1 fully saturated rings. The summed E-state index contributed by atoms with van der Waals surface area (Å²) in [5.74, 6) is -0.880. The number of hydrogen-bond acceptors (Lipinski definition) is 3. The summed E-state index contributed by atoms with van der Waals surface area (Å²) in [5, 5.41) is 15.1. The number of carbonyl (C=O) groups excluding carboxylic acids is 1. The number of hydrogen-bond donors (Lipinski definition) is 3. The Morgan fingerprint density at radius 3 is 2.67 bits per heavy atom. The SMILES string of the molecule is O=C(O)CCC(NC(=O)[C@H]1CCCCN1)c1ccccc1. The van der Waals surface area contributed by atoms with Crippen LogP contribution in [0.5, 0.6) is 0 Å². The number of benzene rings is 1. The normalized spacial score (nSPS) is 19.7. The summed E-state index contributed by atoms with van der Waals surface area (Å²) < 4.78 is 0. The number of carboxylic acid groups (broad SMARTS) is 1. The predicted octanol–water partition coefficient (Wildman–Crippen LogP) is 1.85. The van der Waals surface area contributed by atoms with Crippen molar-refractivity contribution >= 4 is 11.9 Å². The second kappa shape index (κ2) is 7.78. The minimum atomic E-state index is -0.846. The minimum absolute atomic E-state index is 0.0334. The van der Waals surface area contributed by atoms with E-state index in [9.17, 15) is 9.59 Å². The molecule has 0 bridgehead atoms. The molecule has 0 saturated carbocycles. The van der Waals surface area contributed by atoms with E-state index in [1.807, 2.05) is 30.3 Å². The van der Waals surface area contributed by atoms with E-state index in [0.29, 0.717) is 6.42 Å². The molecular formula is C16H22N2O3. The molecule has 0 spiro atoms. The summed E-state index contributed by atoms with van der Waals surface area (Å²) in [6.07, 6.45) is 3.43. The molecule has 1 aromatic carbocycles. The smallest absolute Gasteiger partial charge is 0.303 e. The van der Waals surface area contributed by atoms with E-state index in [4.69, 9.17) is 5.11 Å². The van der Waals surface area contributed by atoms with Gasteiger partial charge in [0, 0.05) is 6.42 Å². The lowest BCUT2D eigenvalue weighted by molar-refractivity contribution is -0.137. The molecule has 3 N–H and O–H groups in total. The van der Waals surface area contributed by atoms with E-state index in [-0.39, 0.29) is 24.4 Å². The fourth-order valence-corrected chi connectivity index (χ4v) is 2.62. The van der Waals surface area contributed by atoms with E-state index in [1.54, 1.807) is 0 Å². The molecule has 114 valence electrons. The fourth-order valence-electron chi connectivity index (χ4n) is 2.62. The highest BCUT2D eigenvalue weighted by Crippen LogP contribution is 2.19. The molecule has 2 atom stereocenters. The van der Waals surface area contributed by atoms with Crippen molar-refractivity contribution in [2.24, 2.45) is 0 Å². The topological polar surface area (TPSA) is 78.4 Å². The van der Waals surface area contributed by atoms with Crippen LogP contribution in [0.1, 0.15) is 43.7 Å². The van der Waals surface area contributed by atoms with Crippen LogP contribution in [-0.2, 0) is 9.59 Å². The molecule has 1 saturated heterocycles. The number of amides is 1. The lowest BCUT2D eigenvalue weighted by Gasteiger charge is -2.26. The quantitative estimate of drug-likeness (QED) is 0.747. The van der Waals surface area contributed by atoms with Crippen LogP contribution in [0.2, 0.25) is 0 Å². The fraction of sp³-hybridized carbons (Fsp3) is 0.500. The standard InChI is InChI=1S/C16H22N2O3/c19-15(20)10-9-13(12-6-2-1-3-7-12)18-16(21)14-8-4-5-11-17-14/h1-3,6-7,13-14,17H,4-5,8-11H2,(H,18,21)(H,19,20)/t13?,14-/m1/s1. The number of carbonyl (C=O) groups is 2. The molecule has 0 aliphatic carbocycles. The Balaban J connectivity index is 2.00. The average molecular weight is 290 g/mol. The highest BCUT2D eigenvalue weighted by molar-refractivity contribution is 5.82. The van der Waals surface area contributed by atoms with Crippen molar-refractivity contribution in [3.63, 3.8) is 0 Å². The first-order valence-electron chi connectivity index (χ1n) is 7.47. The Kier molecular flexibility index (Phi) is 5.75. The summed E-state index contributed by atoms with van der Waals surface area (Å²) in [5.41, 5.74) is 0.947. The Morgan fingerprint density at radius 1 is 1.29 bits per heavy atom. The van der Waals surface area contributed by atoms with Gasteiger partial charge in [0.2, 0.25) is 5.91 Å². The van der Waals surface area contributed by atoms with E-state index >= 15 is 0 Å². The van der Waals surface area contributed by atoms with Gasteiger partial charge in [0.15, 0.2) is 0 Å². The van der Waals surface area contributed by atoms with Crippen LogP contribution >= 0.6 is 0 Å². The first-order valence-corrected chi connectivity index (χ1v) is 7.47. The van der Waals surface area contributed by atoms with Crippen molar-refractivity contribution < 1.29 is 14.7 Å². The van der Waals surface area contributed by atoms with Gasteiger partial charge < -0.3 is 15.7 Å². The number of aliphatic carboxylic acids is 1. The molecule has 5 nitrogen and oxygen atoms in total. The molecule has 1 aliphatic heterocycles. The lowest BCUT2D eigenvalue weighted by atomic mass is 9.99. The molecule has 1 aliphatic rings. The van der Waals surface area contributed by atoms with Gasteiger partial charge in [-0.25, -0.2) is 0 Å². The lowest BCUT2D eigenvalue weighted by Crippen LogP contribution is -2.47. The molecule has 1 aromatic rings. The molecule has 0 aromatic heterocycles. The highest BCUT2D eigenvalue weighted by atomic mass is 16.4. The van der Waals surface area contributed by atoms with Gasteiger partial charge in [-0.1, -0.05) is 36.8 Å². The Labute approximate surface area is 124 Å². The average Bonchev–Trinajstić information content (AvgIpc) is 2.52. The van der Waals surface area contributed by atoms with E-state index in [0.717, 1.165) is 31.4 Å². The maximum Gasteiger partial charge on any atom is 0.303 e. The zero-order valence-electron chi connectivity index (χ0n) is 12.0. The molecule has 21 heavy (non-hydrogen) atoms. The van der Waals surface area contributed by atoms with Crippen LogP contribution in [0.15, 0.2) is 30.3 Å². The van der Waals surface area contributed by atoms with Gasteiger partial charge in [-0.3, -0.25) is 9.59 Å². The van der Waals surface area contributed by atoms with Crippen LogP contribution in [0.25, 0.3) is 0 Å². The van der Waals surface area contributed by atoms with Crippen molar-refractivity contribution in [3.8, 4) is 0 Å². The van der Waals surface area contributed by atoms with Crippen molar-refractivity contribution in [3.05, 3.63) is 35.9 Å². The third-order valence-electron chi connectivity index (χ3n) is 3.79. The van der Waals surface area contributed by atoms with Crippen LogP contribution in [0.3, 0.4) is 0 Å². The maximum atomic E-state index is 12.3.